The van der Waals surface area contributed by atoms with Gasteiger partial charge in [-0.3, -0.25) is 4.79 Å². The molecule has 0 atom stereocenters. The van der Waals surface area contributed by atoms with Crippen molar-refractivity contribution in [3.8, 4) is 16.9 Å². The Bertz CT molecular complexity index is 1300. The third-order valence-corrected chi connectivity index (χ3v) is 5.46. The number of carbonyl (C=O) groups is 1. The van der Waals surface area contributed by atoms with Crippen LogP contribution < -0.4 is 5.32 Å². The van der Waals surface area contributed by atoms with Gasteiger partial charge in [-0.05, 0) is 35.9 Å². The Kier molecular flexibility index (Phi) is 5.99. The molecule has 31 heavy (non-hydrogen) atoms. The number of rotatable bonds is 4. The summed E-state index contributed by atoms with van der Waals surface area (Å²) in [5.74, 6) is -1.73. The second-order valence-electron chi connectivity index (χ2n) is 6.24. The molecule has 0 fully saturated rings. The van der Waals surface area contributed by atoms with E-state index < -0.39 is 17.5 Å². The first-order valence-corrected chi connectivity index (χ1v) is 10.2. The number of hydrogen-bond acceptors (Lipinski definition) is 4. The average Bonchev–Trinajstić information content (AvgIpc) is 3.24. The van der Waals surface area contributed by atoms with Crippen LogP contribution in [0.1, 0.15) is 10.4 Å². The quantitative estimate of drug-likeness (QED) is 0.359. The zero-order valence-electron chi connectivity index (χ0n) is 15.3. The first-order valence-electron chi connectivity index (χ1n) is 8.61. The Balaban J connectivity index is 1.61. The van der Waals surface area contributed by atoms with Crippen molar-refractivity contribution < 1.29 is 13.6 Å². The molecule has 0 bridgehead atoms. The summed E-state index contributed by atoms with van der Waals surface area (Å²) in [6, 6.07) is 7.69. The molecule has 1 N–H and O–H groups in total. The molecule has 0 aliphatic rings. The van der Waals surface area contributed by atoms with E-state index in [4.69, 9.17) is 23.2 Å². The van der Waals surface area contributed by atoms with E-state index >= 15 is 0 Å². The van der Waals surface area contributed by atoms with Gasteiger partial charge in [-0.25, -0.2) is 13.8 Å². The van der Waals surface area contributed by atoms with E-state index in [1.165, 1.54) is 53.7 Å². The van der Waals surface area contributed by atoms with Crippen LogP contribution in [0.2, 0.25) is 10.0 Å². The summed E-state index contributed by atoms with van der Waals surface area (Å²) in [4.78, 5) is 17.9. The first kappa shape index (κ1) is 21.4. The zero-order chi connectivity index (χ0) is 22.1. The van der Waals surface area contributed by atoms with E-state index in [2.05, 4.69) is 36.4 Å². The minimum atomic E-state index is -0.801. The minimum Gasteiger partial charge on any atom is -0.320 e. The molecule has 0 unspecified atom stereocenters. The lowest BCUT2D eigenvalue weighted by molar-refractivity contribution is 0.102. The van der Waals surface area contributed by atoms with Gasteiger partial charge in [0.05, 0.1) is 34.9 Å². The number of aromatic nitrogens is 4. The summed E-state index contributed by atoms with van der Waals surface area (Å²) in [6.45, 7) is 0. The van der Waals surface area contributed by atoms with E-state index in [0.29, 0.717) is 15.6 Å². The average molecular weight is 525 g/mol. The standard InChI is InChI=1S/C20H10BrCl2F2N5O/c21-15-5-10(24)1-2-12(15)13-8-18(25)14(7-16(13)22)20(31)29-11-6-17(23)19(26-9-11)30-27-3-4-28-30/h1-9H,(H,29,31). The number of amides is 1. The molecule has 0 saturated heterocycles. The van der Waals surface area contributed by atoms with Gasteiger partial charge >= 0.3 is 0 Å². The van der Waals surface area contributed by atoms with Crippen LogP contribution in [0.5, 0.6) is 0 Å². The van der Waals surface area contributed by atoms with E-state index in [9.17, 15) is 13.6 Å². The van der Waals surface area contributed by atoms with Gasteiger partial charge < -0.3 is 5.32 Å². The largest absolute Gasteiger partial charge is 0.320 e. The predicted molar refractivity (Wildman–Crippen MR) is 117 cm³/mol. The highest BCUT2D eigenvalue weighted by molar-refractivity contribution is 9.10. The first-order chi connectivity index (χ1) is 14.8. The van der Waals surface area contributed by atoms with Crippen LogP contribution in [0.4, 0.5) is 14.5 Å². The molecule has 1 amide bonds. The van der Waals surface area contributed by atoms with Crippen LogP contribution in [0.15, 0.2) is 59.5 Å². The lowest BCUT2D eigenvalue weighted by Crippen LogP contribution is -2.14. The van der Waals surface area contributed by atoms with Crippen LogP contribution >= 0.6 is 39.1 Å². The van der Waals surface area contributed by atoms with Crippen LogP contribution in [0.25, 0.3) is 16.9 Å². The summed E-state index contributed by atoms with van der Waals surface area (Å²) in [5, 5.41) is 10.7. The topological polar surface area (TPSA) is 72.7 Å². The monoisotopic (exact) mass is 523 g/mol. The smallest absolute Gasteiger partial charge is 0.258 e. The van der Waals surface area contributed by atoms with Crippen LogP contribution in [-0.4, -0.2) is 25.9 Å². The molecular weight excluding hydrogens is 515 g/mol. The van der Waals surface area contributed by atoms with Gasteiger partial charge in [0.2, 0.25) is 0 Å². The Morgan fingerprint density at radius 2 is 1.74 bits per heavy atom. The highest BCUT2D eigenvalue weighted by atomic mass is 79.9. The van der Waals surface area contributed by atoms with Gasteiger partial charge in [0.15, 0.2) is 5.82 Å². The summed E-state index contributed by atoms with van der Waals surface area (Å²) < 4.78 is 28.5. The molecule has 0 saturated carbocycles. The maximum Gasteiger partial charge on any atom is 0.258 e. The molecular formula is C20H10BrCl2F2N5O. The van der Waals surface area contributed by atoms with Gasteiger partial charge in [0, 0.05) is 15.1 Å². The Morgan fingerprint density at radius 3 is 2.42 bits per heavy atom. The Morgan fingerprint density at radius 1 is 1.00 bits per heavy atom. The van der Waals surface area contributed by atoms with Crippen molar-refractivity contribution in [1.82, 2.24) is 20.0 Å². The SMILES string of the molecule is O=C(Nc1cnc(-n2nccn2)c(Cl)c1)c1cc(Cl)c(-c2ccc(F)cc2Br)cc1F. The molecule has 2 aromatic carbocycles. The molecule has 11 heteroatoms. The number of anilines is 1. The summed E-state index contributed by atoms with van der Waals surface area (Å²) >= 11 is 15.7. The lowest BCUT2D eigenvalue weighted by Gasteiger charge is -2.12. The molecule has 0 aliphatic carbocycles. The van der Waals surface area contributed by atoms with Crippen LogP contribution in [-0.2, 0) is 0 Å². The van der Waals surface area contributed by atoms with Gasteiger partial charge in [-0.2, -0.15) is 10.2 Å². The number of halogens is 5. The van der Waals surface area contributed by atoms with E-state index in [1.54, 1.807) is 0 Å². The van der Waals surface area contributed by atoms with Crippen molar-refractivity contribution in [3.05, 3.63) is 86.7 Å². The molecule has 0 radical (unpaired) electrons. The molecule has 4 rings (SSSR count). The maximum atomic E-state index is 14.7. The summed E-state index contributed by atoms with van der Waals surface area (Å²) in [5.41, 5.74) is 0.757. The number of pyridine rings is 1. The second-order valence-corrected chi connectivity index (χ2v) is 7.91. The highest BCUT2D eigenvalue weighted by Gasteiger charge is 2.18. The van der Waals surface area contributed by atoms with Crippen molar-refractivity contribution in [1.29, 1.82) is 0 Å². The van der Waals surface area contributed by atoms with Crippen LogP contribution in [0.3, 0.4) is 0 Å². The molecule has 6 nitrogen and oxygen atoms in total. The van der Waals surface area contributed by atoms with Crippen molar-refractivity contribution in [2.45, 2.75) is 0 Å². The van der Waals surface area contributed by atoms with Gasteiger partial charge in [-0.15, -0.1) is 4.80 Å². The van der Waals surface area contributed by atoms with E-state index in [1.807, 2.05) is 0 Å². The number of carbonyl (C=O) groups excluding carboxylic acids is 1. The molecule has 0 aliphatic heterocycles. The molecule has 0 spiro atoms. The molecule has 156 valence electrons. The Labute approximate surface area is 192 Å². The number of benzene rings is 2. The fourth-order valence-corrected chi connectivity index (χ4v) is 3.88. The summed E-state index contributed by atoms with van der Waals surface area (Å²) in [7, 11) is 0. The van der Waals surface area contributed by atoms with Gasteiger partial charge in [0.1, 0.15) is 11.6 Å². The highest BCUT2D eigenvalue weighted by Crippen LogP contribution is 2.35. The molecule has 2 aromatic heterocycles. The fourth-order valence-electron chi connectivity index (χ4n) is 2.80. The summed E-state index contributed by atoms with van der Waals surface area (Å²) in [6.07, 6.45) is 4.27. The molecule has 2 heterocycles. The lowest BCUT2D eigenvalue weighted by atomic mass is 10.0. The third kappa shape index (κ3) is 4.43. The number of hydrogen-bond donors (Lipinski definition) is 1. The second kappa shape index (κ2) is 8.70. The molecule has 4 aromatic rings. The fraction of sp³-hybridized carbons (Fsp3) is 0. The maximum absolute atomic E-state index is 14.7. The van der Waals surface area contributed by atoms with Crippen molar-refractivity contribution >= 4 is 50.7 Å². The minimum absolute atomic E-state index is 0.120. The van der Waals surface area contributed by atoms with Crippen molar-refractivity contribution in [2.75, 3.05) is 5.32 Å². The third-order valence-electron chi connectivity index (χ3n) is 4.21. The van der Waals surface area contributed by atoms with Crippen LogP contribution in [0, 0.1) is 11.6 Å². The van der Waals surface area contributed by atoms with Crippen molar-refractivity contribution in [3.63, 3.8) is 0 Å². The zero-order valence-corrected chi connectivity index (χ0v) is 18.4. The van der Waals surface area contributed by atoms with Crippen molar-refractivity contribution in [2.24, 2.45) is 0 Å². The predicted octanol–water partition coefficient (Wildman–Crippen LogP) is 5.93. The number of nitrogens with zero attached hydrogens (tertiary/aromatic N) is 4. The normalized spacial score (nSPS) is 10.9. The Hall–Kier alpha value is -2.88. The number of nitrogens with one attached hydrogen (secondary N) is 1. The van der Waals surface area contributed by atoms with E-state index in [0.717, 1.165) is 6.07 Å². The van der Waals surface area contributed by atoms with E-state index in [-0.39, 0.29) is 27.1 Å². The van der Waals surface area contributed by atoms with Gasteiger partial charge in [0.25, 0.3) is 5.91 Å². The van der Waals surface area contributed by atoms with Gasteiger partial charge in [-0.1, -0.05) is 45.2 Å².